The van der Waals surface area contributed by atoms with Gasteiger partial charge in [-0.3, -0.25) is 0 Å². The van der Waals surface area contributed by atoms with E-state index in [0.717, 1.165) is 24.3 Å². The van der Waals surface area contributed by atoms with E-state index in [2.05, 4.69) is 0 Å². The third-order valence-electron chi connectivity index (χ3n) is 2.32. The van der Waals surface area contributed by atoms with Crippen LogP contribution in [0.3, 0.4) is 0 Å². The Hall–Kier alpha value is -1.45. The highest BCUT2D eigenvalue weighted by Gasteiger charge is 1.98. The van der Waals surface area contributed by atoms with Gasteiger partial charge in [-0.2, -0.15) is 0 Å². The summed E-state index contributed by atoms with van der Waals surface area (Å²) in [6.07, 6.45) is 0. The predicted octanol–water partition coefficient (Wildman–Crippen LogP) is 2.16. The fourth-order valence-corrected chi connectivity index (χ4v) is 1.66. The van der Waals surface area contributed by atoms with Crippen molar-refractivity contribution in [3.63, 3.8) is 0 Å². The van der Waals surface area contributed by atoms with E-state index in [1.807, 2.05) is 36.4 Å². The fraction of sp³-hybridized carbons (Fsp3) is 0.0769. The van der Waals surface area contributed by atoms with E-state index in [1.165, 1.54) is 0 Å². The molecular weight excluding hydrogens is 234 g/mol. The fourth-order valence-electron chi connectivity index (χ4n) is 1.44. The molecule has 2 rings (SSSR count). The molecule has 0 heterocycles. The largest absolute Gasteiger partial charge is 0.489 e. The lowest BCUT2D eigenvalue weighted by Gasteiger charge is -2.06. The first-order valence-corrected chi connectivity index (χ1v) is 5.60. The average Bonchev–Trinajstić information content (AvgIpc) is 2.37. The minimum Gasteiger partial charge on any atom is -0.489 e. The van der Waals surface area contributed by atoms with Crippen LogP contribution in [-0.2, 0) is 6.61 Å². The lowest BCUT2D eigenvalue weighted by Crippen LogP contribution is -2.12. The SMILES string of the molecule is O[B]c1ccc(OCc2cccc(Cl)c2)cc1. The Bertz CT molecular complexity index is 485. The van der Waals surface area contributed by atoms with Crippen LogP contribution in [-0.4, -0.2) is 12.5 Å². The second-order valence-electron chi connectivity index (χ2n) is 3.62. The Morgan fingerprint density at radius 2 is 1.88 bits per heavy atom. The molecule has 0 aliphatic heterocycles. The summed E-state index contributed by atoms with van der Waals surface area (Å²) in [6.45, 7) is 0.475. The van der Waals surface area contributed by atoms with Crippen molar-refractivity contribution in [2.24, 2.45) is 0 Å². The van der Waals surface area contributed by atoms with Crippen molar-refractivity contribution in [2.45, 2.75) is 6.61 Å². The average molecular weight is 245 g/mol. The molecule has 0 amide bonds. The Morgan fingerprint density at radius 1 is 1.12 bits per heavy atom. The molecule has 2 nitrogen and oxygen atoms in total. The van der Waals surface area contributed by atoms with Crippen LogP contribution < -0.4 is 10.2 Å². The zero-order valence-electron chi connectivity index (χ0n) is 9.14. The molecule has 0 spiro atoms. The molecule has 85 valence electrons. The molecule has 1 N–H and O–H groups in total. The van der Waals surface area contributed by atoms with Gasteiger partial charge in [0, 0.05) is 5.02 Å². The molecule has 0 fully saturated rings. The topological polar surface area (TPSA) is 29.5 Å². The lowest BCUT2D eigenvalue weighted by atomic mass is 9.89. The number of benzene rings is 2. The molecule has 1 radical (unpaired) electrons. The van der Waals surface area contributed by atoms with Crippen LogP contribution in [0.1, 0.15) is 5.56 Å². The highest BCUT2D eigenvalue weighted by molar-refractivity contribution is 6.45. The van der Waals surface area contributed by atoms with Gasteiger partial charge in [-0.25, -0.2) is 0 Å². The van der Waals surface area contributed by atoms with E-state index in [1.54, 1.807) is 12.1 Å². The van der Waals surface area contributed by atoms with Crippen LogP contribution in [0, 0.1) is 0 Å². The summed E-state index contributed by atoms with van der Waals surface area (Å²) in [5.74, 6) is 0.760. The summed E-state index contributed by atoms with van der Waals surface area (Å²) in [7, 11) is 1.06. The van der Waals surface area contributed by atoms with Gasteiger partial charge in [-0.1, -0.05) is 41.3 Å². The molecule has 2 aromatic rings. The van der Waals surface area contributed by atoms with Gasteiger partial charge in [0.2, 0.25) is 0 Å². The molecule has 4 heteroatoms. The molecule has 0 saturated heterocycles. The van der Waals surface area contributed by atoms with Crippen LogP contribution in [0.4, 0.5) is 0 Å². The van der Waals surface area contributed by atoms with Crippen LogP contribution >= 0.6 is 11.6 Å². The monoisotopic (exact) mass is 245 g/mol. The number of hydrogen-bond donors (Lipinski definition) is 1. The van der Waals surface area contributed by atoms with E-state index in [9.17, 15) is 0 Å². The Morgan fingerprint density at radius 3 is 2.53 bits per heavy atom. The lowest BCUT2D eigenvalue weighted by molar-refractivity contribution is 0.306. The molecule has 2 aromatic carbocycles. The minimum atomic E-state index is 0.475. The molecule has 0 aliphatic rings. The summed E-state index contributed by atoms with van der Waals surface area (Å²) < 4.78 is 5.59. The maximum absolute atomic E-state index is 8.79. The van der Waals surface area contributed by atoms with Crippen molar-refractivity contribution in [2.75, 3.05) is 0 Å². The van der Waals surface area contributed by atoms with Crippen molar-refractivity contribution in [1.29, 1.82) is 0 Å². The van der Waals surface area contributed by atoms with Crippen LogP contribution in [0.25, 0.3) is 0 Å². The number of halogens is 1. The number of rotatable bonds is 4. The first kappa shape index (κ1) is 12.0. The van der Waals surface area contributed by atoms with Crippen LogP contribution in [0.2, 0.25) is 5.02 Å². The first-order valence-electron chi connectivity index (χ1n) is 5.22. The normalized spacial score (nSPS) is 10.0. The second-order valence-corrected chi connectivity index (χ2v) is 4.05. The Kier molecular flexibility index (Phi) is 4.07. The van der Waals surface area contributed by atoms with Crippen molar-refractivity contribution < 1.29 is 9.76 Å². The molecule has 17 heavy (non-hydrogen) atoms. The van der Waals surface area contributed by atoms with E-state index in [-0.39, 0.29) is 0 Å². The van der Waals surface area contributed by atoms with E-state index >= 15 is 0 Å². The smallest absolute Gasteiger partial charge is 0.326 e. The Labute approximate surface area is 106 Å². The summed E-state index contributed by atoms with van der Waals surface area (Å²) >= 11 is 5.88. The molecular formula is C13H11BClO2. The Balaban J connectivity index is 1.97. The third-order valence-corrected chi connectivity index (χ3v) is 2.56. The zero-order valence-corrected chi connectivity index (χ0v) is 9.89. The molecule has 0 atom stereocenters. The summed E-state index contributed by atoms with van der Waals surface area (Å²) in [6, 6.07) is 14.8. The molecule has 0 bridgehead atoms. The van der Waals surface area contributed by atoms with E-state index in [4.69, 9.17) is 21.4 Å². The number of ether oxygens (including phenoxy) is 1. The van der Waals surface area contributed by atoms with Gasteiger partial charge in [0.05, 0.1) is 0 Å². The van der Waals surface area contributed by atoms with Gasteiger partial charge in [0.25, 0.3) is 0 Å². The molecule has 0 saturated carbocycles. The molecule has 0 aromatic heterocycles. The van der Waals surface area contributed by atoms with Gasteiger partial charge < -0.3 is 9.76 Å². The zero-order chi connectivity index (χ0) is 12.1. The van der Waals surface area contributed by atoms with Crippen LogP contribution in [0.15, 0.2) is 48.5 Å². The van der Waals surface area contributed by atoms with E-state index < -0.39 is 0 Å². The minimum absolute atomic E-state index is 0.475. The third kappa shape index (κ3) is 3.51. The molecule has 0 aliphatic carbocycles. The van der Waals surface area contributed by atoms with E-state index in [0.29, 0.717) is 11.6 Å². The maximum Gasteiger partial charge on any atom is 0.326 e. The number of hydrogen-bond acceptors (Lipinski definition) is 2. The predicted molar refractivity (Wildman–Crippen MR) is 69.8 cm³/mol. The van der Waals surface area contributed by atoms with Gasteiger partial charge in [0.15, 0.2) is 0 Å². The highest BCUT2D eigenvalue weighted by Crippen LogP contribution is 2.14. The highest BCUT2D eigenvalue weighted by atomic mass is 35.5. The van der Waals surface area contributed by atoms with Crippen LogP contribution in [0.5, 0.6) is 5.75 Å². The molecule has 0 unspecified atom stereocenters. The summed E-state index contributed by atoms with van der Waals surface area (Å²) in [5.41, 5.74) is 1.77. The maximum atomic E-state index is 8.79. The standard InChI is InChI=1S/C13H11BClO2/c15-12-3-1-2-10(8-12)9-17-13-6-4-11(14-16)5-7-13/h1-8,16H,9H2. The van der Waals surface area contributed by atoms with Crippen molar-refractivity contribution >= 4 is 24.5 Å². The van der Waals surface area contributed by atoms with Gasteiger partial charge in [-0.05, 0) is 29.8 Å². The quantitative estimate of drug-likeness (QED) is 0.837. The summed E-state index contributed by atoms with van der Waals surface area (Å²) in [5, 5.41) is 9.49. The van der Waals surface area contributed by atoms with Crippen molar-refractivity contribution in [3.8, 4) is 5.75 Å². The second kappa shape index (κ2) is 5.76. The van der Waals surface area contributed by atoms with Gasteiger partial charge in [-0.15, -0.1) is 0 Å². The van der Waals surface area contributed by atoms with Crippen molar-refractivity contribution in [1.82, 2.24) is 0 Å². The van der Waals surface area contributed by atoms with Crippen molar-refractivity contribution in [3.05, 3.63) is 59.1 Å². The first-order chi connectivity index (χ1) is 8.28. The van der Waals surface area contributed by atoms with Gasteiger partial charge >= 0.3 is 7.48 Å². The van der Waals surface area contributed by atoms with Gasteiger partial charge in [0.1, 0.15) is 12.4 Å². The summed E-state index contributed by atoms with van der Waals surface area (Å²) in [4.78, 5) is 0.